The summed E-state index contributed by atoms with van der Waals surface area (Å²) in [5.74, 6) is -1.21. The lowest BCUT2D eigenvalue weighted by Gasteiger charge is -2.13. The molecule has 0 radical (unpaired) electrons. The number of rotatable bonds is 10. The van der Waals surface area contributed by atoms with Gasteiger partial charge in [-0.2, -0.15) is 0 Å². The Bertz CT molecular complexity index is 1480. The highest BCUT2D eigenvalue weighted by molar-refractivity contribution is 6.30. The van der Waals surface area contributed by atoms with Crippen molar-refractivity contribution in [3.05, 3.63) is 108 Å². The minimum atomic E-state index is -0.767. The summed E-state index contributed by atoms with van der Waals surface area (Å²) in [6, 6.07) is 28.0. The SMILES string of the molecule is COc1cc(Cl)ccc1NC(=O)COc1ccccc1C(=O)OCC(=O)Nc1ccccc1-c1ccccc1. The zero-order valence-corrected chi connectivity index (χ0v) is 21.7. The molecular weight excluding hydrogens is 520 g/mol. The maximum absolute atomic E-state index is 12.8. The number of esters is 1. The van der Waals surface area contributed by atoms with E-state index in [4.69, 9.17) is 25.8 Å². The highest BCUT2D eigenvalue weighted by Crippen LogP contribution is 2.29. The van der Waals surface area contributed by atoms with Gasteiger partial charge >= 0.3 is 5.97 Å². The lowest BCUT2D eigenvalue weighted by atomic mass is 10.0. The Labute approximate surface area is 230 Å². The van der Waals surface area contributed by atoms with E-state index in [1.165, 1.54) is 19.2 Å². The van der Waals surface area contributed by atoms with Gasteiger partial charge in [-0.05, 0) is 35.9 Å². The molecule has 8 nitrogen and oxygen atoms in total. The van der Waals surface area contributed by atoms with E-state index in [2.05, 4.69) is 10.6 Å². The predicted octanol–water partition coefficient (Wildman–Crippen LogP) is 5.83. The third-order valence-electron chi connectivity index (χ3n) is 5.52. The first-order chi connectivity index (χ1) is 18.9. The molecule has 198 valence electrons. The van der Waals surface area contributed by atoms with Gasteiger partial charge in [0, 0.05) is 22.3 Å². The number of nitrogens with one attached hydrogen (secondary N) is 2. The molecule has 0 unspecified atom stereocenters. The lowest BCUT2D eigenvalue weighted by Crippen LogP contribution is -2.23. The molecule has 4 rings (SSSR count). The number of carbonyl (C=O) groups excluding carboxylic acids is 3. The fourth-order valence-electron chi connectivity index (χ4n) is 3.72. The van der Waals surface area contributed by atoms with E-state index in [0.717, 1.165) is 11.1 Å². The molecule has 9 heteroatoms. The molecule has 0 fully saturated rings. The van der Waals surface area contributed by atoms with Gasteiger partial charge in [-0.15, -0.1) is 0 Å². The van der Waals surface area contributed by atoms with Crippen molar-refractivity contribution >= 4 is 40.8 Å². The number of methoxy groups -OCH3 is 1. The Morgan fingerprint density at radius 2 is 1.38 bits per heavy atom. The predicted molar refractivity (Wildman–Crippen MR) is 149 cm³/mol. The smallest absolute Gasteiger partial charge is 0.342 e. The van der Waals surface area contributed by atoms with E-state index >= 15 is 0 Å². The summed E-state index contributed by atoms with van der Waals surface area (Å²) in [6.45, 7) is -0.889. The molecule has 0 aliphatic rings. The highest BCUT2D eigenvalue weighted by atomic mass is 35.5. The van der Waals surface area contributed by atoms with Crippen molar-refractivity contribution < 1.29 is 28.6 Å². The first kappa shape index (κ1) is 27.2. The molecule has 0 aromatic heterocycles. The average Bonchev–Trinajstić information content (AvgIpc) is 2.96. The Hall–Kier alpha value is -4.82. The molecule has 0 saturated carbocycles. The molecule has 0 aliphatic carbocycles. The third-order valence-corrected chi connectivity index (χ3v) is 5.76. The number of ether oxygens (including phenoxy) is 3. The fraction of sp³-hybridized carbons (Fsp3) is 0.100. The van der Waals surface area contributed by atoms with E-state index < -0.39 is 24.4 Å². The first-order valence-corrected chi connectivity index (χ1v) is 12.3. The molecule has 4 aromatic rings. The van der Waals surface area contributed by atoms with Crippen LogP contribution in [0.1, 0.15) is 10.4 Å². The lowest BCUT2D eigenvalue weighted by molar-refractivity contribution is -0.119. The topological polar surface area (TPSA) is 103 Å². The second kappa shape index (κ2) is 13.1. The summed E-state index contributed by atoms with van der Waals surface area (Å²) in [5.41, 5.74) is 2.87. The van der Waals surface area contributed by atoms with Gasteiger partial charge < -0.3 is 24.8 Å². The van der Waals surface area contributed by atoms with Crippen LogP contribution in [0.4, 0.5) is 11.4 Å². The number of halogens is 1. The number of hydrogen-bond donors (Lipinski definition) is 2. The molecule has 2 N–H and O–H groups in total. The molecule has 0 atom stereocenters. The van der Waals surface area contributed by atoms with Crippen molar-refractivity contribution in [2.75, 3.05) is 31.0 Å². The summed E-state index contributed by atoms with van der Waals surface area (Å²) in [4.78, 5) is 37.8. The van der Waals surface area contributed by atoms with Crippen LogP contribution in [0.3, 0.4) is 0 Å². The van der Waals surface area contributed by atoms with Gasteiger partial charge in [-0.3, -0.25) is 9.59 Å². The standard InChI is InChI=1S/C30H25ClN2O6/c1-37-27-17-21(31)15-16-25(27)33-28(34)18-38-26-14-8-6-12-23(26)30(36)39-19-29(35)32-24-13-7-5-11-22(24)20-9-3-2-4-10-20/h2-17H,18-19H2,1H3,(H,32,35)(H,33,34). The van der Waals surface area contributed by atoms with Crippen molar-refractivity contribution in [2.45, 2.75) is 0 Å². The fourth-order valence-corrected chi connectivity index (χ4v) is 3.88. The third kappa shape index (κ3) is 7.37. The maximum atomic E-state index is 12.8. The molecule has 2 amide bonds. The van der Waals surface area contributed by atoms with Gasteiger partial charge in [0.25, 0.3) is 11.8 Å². The number of anilines is 2. The van der Waals surface area contributed by atoms with E-state index in [0.29, 0.717) is 22.1 Å². The Balaban J connectivity index is 1.34. The molecular formula is C30H25ClN2O6. The average molecular weight is 545 g/mol. The van der Waals surface area contributed by atoms with Crippen LogP contribution in [0.25, 0.3) is 11.1 Å². The second-order valence-corrected chi connectivity index (χ2v) is 8.65. The number of hydrogen-bond acceptors (Lipinski definition) is 6. The molecule has 0 heterocycles. The molecule has 0 aliphatic heterocycles. The quantitative estimate of drug-likeness (QED) is 0.244. The molecule has 4 aromatic carbocycles. The van der Waals surface area contributed by atoms with Gasteiger partial charge in [-0.1, -0.05) is 72.3 Å². The first-order valence-electron chi connectivity index (χ1n) is 11.9. The number of carbonyl (C=O) groups is 3. The molecule has 0 spiro atoms. The number of benzene rings is 4. The van der Waals surface area contributed by atoms with Crippen molar-refractivity contribution in [1.29, 1.82) is 0 Å². The summed E-state index contributed by atoms with van der Waals surface area (Å²) in [6.07, 6.45) is 0. The van der Waals surface area contributed by atoms with E-state index in [1.807, 2.05) is 42.5 Å². The Morgan fingerprint density at radius 3 is 2.18 bits per heavy atom. The van der Waals surface area contributed by atoms with Crippen LogP contribution in [-0.4, -0.2) is 38.1 Å². The van der Waals surface area contributed by atoms with Crippen molar-refractivity contribution in [2.24, 2.45) is 0 Å². The van der Waals surface area contributed by atoms with Gasteiger partial charge in [0.05, 0.1) is 12.8 Å². The largest absolute Gasteiger partial charge is 0.495 e. The van der Waals surface area contributed by atoms with Crippen molar-refractivity contribution in [3.63, 3.8) is 0 Å². The Kier molecular flexibility index (Phi) is 9.16. The highest BCUT2D eigenvalue weighted by Gasteiger charge is 2.17. The Morgan fingerprint density at radius 1 is 0.718 bits per heavy atom. The second-order valence-electron chi connectivity index (χ2n) is 8.21. The maximum Gasteiger partial charge on any atom is 0.342 e. The molecule has 0 bridgehead atoms. The van der Waals surface area contributed by atoms with Crippen LogP contribution in [0, 0.1) is 0 Å². The van der Waals surface area contributed by atoms with Crippen molar-refractivity contribution in [3.8, 4) is 22.6 Å². The summed E-state index contributed by atoms with van der Waals surface area (Å²) < 4.78 is 16.0. The van der Waals surface area contributed by atoms with Crippen LogP contribution in [-0.2, 0) is 14.3 Å². The van der Waals surface area contributed by atoms with E-state index in [1.54, 1.807) is 42.5 Å². The normalized spacial score (nSPS) is 10.3. The molecule has 39 heavy (non-hydrogen) atoms. The summed E-state index contributed by atoms with van der Waals surface area (Å²) in [7, 11) is 1.46. The van der Waals surface area contributed by atoms with Gasteiger partial charge in [0.2, 0.25) is 0 Å². The van der Waals surface area contributed by atoms with Crippen molar-refractivity contribution in [1.82, 2.24) is 0 Å². The van der Waals surface area contributed by atoms with Crippen LogP contribution in [0.5, 0.6) is 11.5 Å². The minimum absolute atomic E-state index is 0.0758. The summed E-state index contributed by atoms with van der Waals surface area (Å²) in [5, 5.41) is 5.92. The van der Waals surface area contributed by atoms with Crippen LogP contribution in [0.15, 0.2) is 97.1 Å². The number of amides is 2. The zero-order valence-electron chi connectivity index (χ0n) is 21.0. The van der Waals surface area contributed by atoms with E-state index in [9.17, 15) is 14.4 Å². The van der Waals surface area contributed by atoms with Gasteiger partial charge in [0.15, 0.2) is 13.2 Å². The molecule has 0 saturated heterocycles. The number of para-hydroxylation sites is 2. The summed E-state index contributed by atoms with van der Waals surface area (Å²) >= 11 is 5.95. The van der Waals surface area contributed by atoms with Crippen LogP contribution < -0.4 is 20.1 Å². The van der Waals surface area contributed by atoms with Gasteiger partial charge in [-0.25, -0.2) is 4.79 Å². The van der Waals surface area contributed by atoms with Gasteiger partial charge in [0.1, 0.15) is 17.1 Å². The zero-order chi connectivity index (χ0) is 27.6. The minimum Gasteiger partial charge on any atom is -0.495 e. The monoisotopic (exact) mass is 544 g/mol. The van der Waals surface area contributed by atoms with Crippen LogP contribution >= 0.6 is 11.6 Å². The van der Waals surface area contributed by atoms with Crippen LogP contribution in [0.2, 0.25) is 5.02 Å². The van der Waals surface area contributed by atoms with E-state index in [-0.39, 0.29) is 17.9 Å².